The van der Waals surface area contributed by atoms with E-state index < -0.39 is 0 Å². The molecule has 27 heavy (non-hydrogen) atoms. The third-order valence-electron chi connectivity index (χ3n) is 4.06. The number of hydrogen-bond acceptors (Lipinski definition) is 6. The van der Waals surface area contributed by atoms with Crippen molar-refractivity contribution in [1.29, 1.82) is 0 Å². The lowest BCUT2D eigenvalue weighted by molar-refractivity contribution is 0.102. The Kier molecular flexibility index (Phi) is 4.94. The maximum Gasteiger partial charge on any atom is 0.263 e. The molecule has 4 nitrogen and oxygen atoms in total. The third-order valence-corrected chi connectivity index (χ3v) is 6.86. The maximum atomic E-state index is 13.0. The molecule has 136 valence electrons. The minimum atomic E-state index is -0.382. The number of benzene rings is 1. The van der Waals surface area contributed by atoms with Gasteiger partial charge in [0.05, 0.1) is 11.1 Å². The molecule has 0 bridgehead atoms. The third kappa shape index (κ3) is 3.47. The molecular weight excluding hydrogens is 403 g/mol. The number of nitrogens with zero attached hydrogens (tertiary/aromatic N) is 2. The van der Waals surface area contributed by atoms with Gasteiger partial charge in [-0.25, -0.2) is 9.37 Å². The van der Waals surface area contributed by atoms with Gasteiger partial charge in [-0.05, 0) is 35.7 Å². The summed E-state index contributed by atoms with van der Waals surface area (Å²) in [7, 11) is 1.66. The summed E-state index contributed by atoms with van der Waals surface area (Å²) in [6.45, 7) is 0. The number of carbonyl (C=O) groups is 1. The highest BCUT2D eigenvalue weighted by Crippen LogP contribution is 2.34. The minimum absolute atomic E-state index is 0.124. The van der Waals surface area contributed by atoms with Crippen molar-refractivity contribution in [1.82, 2.24) is 9.55 Å². The number of thiophene rings is 2. The molecule has 0 saturated carbocycles. The summed E-state index contributed by atoms with van der Waals surface area (Å²) in [5.41, 5.74) is 1.21. The smallest absolute Gasteiger partial charge is 0.263 e. The minimum Gasteiger partial charge on any atom is -0.293 e. The molecule has 0 fully saturated rings. The van der Waals surface area contributed by atoms with Crippen LogP contribution in [0.2, 0.25) is 0 Å². The van der Waals surface area contributed by atoms with Gasteiger partial charge in [-0.15, -0.1) is 22.7 Å². The Labute approximate surface area is 166 Å². The van der Waals surface area contributed by atoms with Crippen molar-refractivity contribution in [2.45, 2.75) is 5.16 Å². The molecule has 0 unspecified atom stereocenters. The van der Waals surface area contributed by atoms with Crippen molar-refractivity contribution in [2.24, 2.45) is 7.05 Å². The molecule has 8 heteroatoms. The number of rotatable bonds is 5. The molecule has 1 aromatic carbocycles. The van der Waals surface area contributed by atoms with E-state index >= 15 is 0 Å². The van der Waals surface area contributed by atoms with E-state index in [0.29, 0.717) is 20.9 Å². The Balaban J connectivity index is 1.63. The van der Waals surface area contributed by atoms with Crippen molar-refractivity contribution in [3.8, 4) is 10.4 Å². The first-order chi connectivity index (χ1) is 13.0. The molecule has 0 amide bonds. The zero-order chi connectivity index (χ0) is 19.0. The summed E-state index contributed by atoms with van der Waals surface area (Å²) in [5.74, 6) is -0.395. The predicted octanol–water partition coefficient (Wildman–Crippen LogP) is 4.84. The summed E-state index contributed by atoms with van der Waals surface area (Å²) in [6.07, 6.45) is 0. The number of Topliss-reactive ketones (excluding diaryl/α,β-unsaturated/α-hetero) is 1. The van der Waals surface area contributed by atoms with Crippen LogP contribution in [-0.4, -0.2) is 21.1 Å². The van der Waals surface area contributed by atoms with E-state index in [4.69, 9.17) is 0 Å². The summed E-state index contributed by atoms with van der Waals surface area (Å²) in [6, 6.07) is 9.37. The molecule has 0 N–H and O–H groups in total. The van der Waals surface area contributed by atoms with Gasteiger partial charge in [-0.1, -0.05) is 17.8 Å². The van der Waals surface area contributed by atoms with Crippen LogP contribution >= 0.6 is 34.4 Å². The molecule has 0 spiro atoms. The van der Waals surface area contributed by atoms with Crippen LogP contribution < -0.4 is 5.56 Å². The normalized spacial score (nSPS) is 11.2. The van der Waals surface area contributed by atoms with Gasteiger partial charge in [0, 0.05) is 28.4 Å². The first kappa shape index (κ1) is 18.1. The van der Waals surface area contributed by atoms with E-state index in [1.165, 1.54) is 51.9 Å². The van der Waals surface area contributed by atoms with Crippen LogP contribution in [0.4, 0.5) is 4.39 Å². The number of carbonyl (C=O) groups excluding carboxylic acids is 1. The number of fused-ring (bicyclic) bond motifs is 1. The number of ketones is 1. The average molecular weight is 417 g/mol. The topological polar surface area (TPSA) is 52.0 Å². The lowest BCUT2D eigenvalue weighted by Crippen LogP contribution is -2.20. The van der Waals surface area contributed by atoms with Gasteiger partial charge in [0.15, 0.2) is 10.9 Å². The summed E-state index contributed by atoms with van der Waals surface area (Å²) >= 11 is 4.21. The fourth-order valence-electron chi connectivity index (χ4n) is 2.64. The molecule has 0 atom stereocenters. The van der Waals surface area contributed by atoms with Crippen LogP contribution in [0.15, 0.2) is 57.1 Å². The second kappa shape index (κ2) is 7.38. The fourth-order valence-corrected chi connectivity index (χ4v) is 5.31. The van der Waals surface area contributed by atoms with E-state index in [9.17, 15) is 14.0 Å². The van der Waals surface area contributed by atoms with Crippen molar-refractivity contribution in [3.05, 3.63) is 68.9 Å². The maximum absolute atomic E-state index is 13.0. The monoisotopic (exact) mass is 416 g/mol. The van der Waals surface area contributed by atoms with Crippen LogP contribution in [0.1, 0.15) is 10.4 Å². The predicted molar refractivity (Wildman–Crippen MR) is 110 cm³/mol. The highest BCUT2D eigenvalue weighted by atomic mass is 32.2. The quantitative estimate of drug-likeness (QED) is 0.265. The van der Waals surface area contributed by atoms with Crippen molar-refractivity contribution >= 4 is 50.4 Å². The molecule has 3 aromatic heterocycles. The van der Waals surface area contributed by atoms with Crippen molar-refractivity contribution in [3.63, 3.8) is 0 Å². The Hall–Kier alpha value is -2.29. The molecule has 0 saturated heterocycles. The fraction of sp³-hybridized carbons (Fsp3) is 0.105. The van der Waals surface area contributed by atoms with Crippen molar-refractivity contribution in [2.75, 3.05) is 5.75 Å². The summed E-state index contributed by atoms with van der Waals surface area (Å²) < 4.78 is 14.5. The molecule has 3 heterocycles. The second-order valence-electron chi connectivity index (χ2n) is 5.78. The van der Waals surface area contributed by atoms with E-state index in [-0.39, 0.29) is 22.9 Å². The highest BCUT2D eigenvalue weighted by molar-refractivity contribution is 7.99. The van der Waals surface area contributed by atoms with E-state index in [2.05, 4.69) is 4.98 Å². The van der Waals surface area contributed by atoms with Gasteiger partial charge in [0.25, 0.3) is 5.56 Å². The highest BCUT2D eigenvalue weighted by Gasteiger charge is 2.17. The van der Waals surface area contributed by atoms with Gasteiger partial charge >= 0.3 is 0 Å². The molecule has 0 radical (unpaired) electrons. The lowest BCUT2D eigenvalue weighted by Gasteiger charge is -2.07. The molecule has 4 aromatic rings. The number of halogens is 1. The molecule has 0 aliphatic carbocycles. The van der Waals surface area contributed by atoms with Gasteiger partial charge in [-0.2, -0.15) is 0 Å². The van der Waals surface area contributed by atoms with Crippen LogP contribution in [0.25, 0.3) is 20.7 Å². The summed E-state index contributed by atoms with van der Waals surface area (Å²) in [5, 5.41) is 5.02. The van der Waals surface area contributed by atoms with Gasteiger partial charge in [0.1, 0.15) is 10.6 Å². The van der Waals surface area contributed by atoms with Crippen molar-refractivity contribution < 1.29 is 9.18 Å². The number of hydrogen-bond donors (Lipinski definition) is 0. The Morgan fingerprint density at radius 2 is 2.00 bits per heavy atom. The Morgan fingerprint density at radius 3 is 2.70 bits per heavy atom. The van der Waals surface area contributed by atoms with Crippen LogP contribution in [0, 0.1) is 5.82 Å². The Bertz CT molecular complexity index is 1180. The summed E-state index contributed by atoms with van der Waals surface area (Å²) in [4.78, 5) is 31.4. The van der Waals surface area contributed by atoms with E-state index in [1.54, 1.807) is 18.4 Å². The Morgan fingerprint density at radius 1 is 1.22 bits per heavy atom. The standard InChI is InChI=1S/C19H13FN2O2S3/c1-22-18(24)16-13(15-3-2-8-25-15)9-26-17(16)21-19(22)27-10-14(23)11-4-6-12(20)7-5-11/h2-9H,10H2,1H3. The van der Waals surface area contributed by atoms with Gasteiger partial charge in [-0.3, -0.25) is 14.2 Å². The molecule has 4 rings (SSSR count). The van der Waals surface area contributed by atoms with Gasteiger partial charge in [0.2, 0.25) is 0 Å². The lowest BCUT2D eigenvalue weighted by atomic mass is 10.1. The SMILES string of the molecule is Cn1c(SCC(=O)c2ccc(F)cc2)nc2scc(-c3cccs3)c2c1=O. The van der Waals surface area contributed by atoms with E-state index in [0.717, 1.165) is 10.4 Å². The number of thioether (sulfide) groups is 1. The zero-order valence-corrected chi connectivity index (χ0v) is 16.6. The molecule has 0 aliphatic rings. The van der Waals surface area contributed by atoms with Crippen LogP contribution in [0.3, 0.4) is 0 Å². The largest absolute Gasteiger partial charge is 0.293 e. The average Bonchev–Trinajstić information content (AvgIpc) is 3.33. The van der Waals surface area contributed by atoms with Crippen LogP contribution in [0.5, 0.6) is 0 Å². The number of aromatic nitrogens is 2. The van der Waals surface area contributed by atoms with Crippen LogP contribution in [-0.2, 0) is 7.05 Å². The zero-order valence-electron chi connectivity index (χ0n) is 14.1. The first-order valence-corrected chi connectivity index (χ1v) is 10.7. The van der Waals surface area contributed by atoms with Gasteiger partial charge < -0.3 is 0 Å². The first-order valence-electron chi connectivity index (χ1n) is 7.98. The second-order valence-corrected chi connectivity index (χ2v) is 8.53. The van der Waals surface area contributed by atoms with E-state index in [1.807, 2.05) is 22.9 Å². The molecule has 0 aliphatic heterocycles. The molecular formula is C19H13FN2O2S3.